The van der Waals surface area contributed by atoms with E-state index in [0.29, 0.717) is 17.9 Å². The Morgan fingerprint density at radius 1 is 1.06 bits per heavy atom. The molecule has 4 rings (SSSR count). The summed E-state index contributed by atoms with van der Waals surface area (Å²) in [7, 11) is 0. The van der Waals surface area contributed by atoms with E-state index in [4.69, 9.17) is 14.2 Å². The summed E-state index contributed by atoms with van der Waals surface area (Å²) < 4.78 is 17.6. The highest BCUT2D eigenvalue weighted by Crippen LogP contribution is 2.45. The van der Waals surface area contributed by atoms with Crippen molar-refractivity contribution < 1.29 is 14.2 Å². The minimum Gasteiger partial charge on any atom is -0.498 e. The zero-order chi connectivity index (χ0) is 11.9. The van der Waals surface area contributed by atoms with Gasteiger partial charge in [0.25, 0.3) is 0 Å². The van der Waals surface area contributed by atoms with E-state index in [9.17, 15) is 0 Å². The van der Waals surface area contributed by atoms with Crippen LogP contribution in [0.4, 0.5) is 0 Å². The van der Waals surface area contributed by atoms with Crippen LogP contribution in [-0.4, -0.2) is 18.8 Å². The Balaban J connectivity index is 1.52. The van der Waals surface area contributed by atoms with E-state index in [1.807, 2.05) is 24.5 Å². The number of hydrogen-bond donors (Lipinski definition) is 0. The summed E-state index contributed by atoms with van der Waals surface area (Å²) in [6, 6.07) is 10.1. The van der Waals surface area contributed by atoms with E-state index >= 15 is 0 Å². The van der Waals surface area contributed by atoms with Gasteiger partial charge in [0.1, 0.15) is 6.10 Å². The summed E-state index contributed by atoms with van der Waals surface area (Å²) in [5.41, 5.74) is 1.10. The lowest BCUT2D eigenvalue weighted by atomic mass is 9.94. The van der Waals surface area contributed by atoms with Crippen molar-refractivity contribution in [2.24, 2.45) is 11.8 Å². The zero-order valence-corrected chi connectivity index (χ0v) is 10.1. The Morgan fingerprint density at radius 2 is 1.94 bits per heavy atom. The zero-order valence-electron chi connectivity index (χ0n) is 10.1. The van der Waals surface area contributed by atoms with E-state index in [1.165, 1.54) is 0 Å². The molecule has 0 bridgehead atoms. The molecule has 3 unspecified atom stereocenters. The van der Waals surface area contributed by atoms with Crippen molar-refractivity contribution in [3.8, 4) is 0 Å². The monoisotopic (exact) mass is 244 g/mol. The minimum absolute atomic E-state index is 0.213. The van der Waals surface area contributed by atoms with Gasteiger partial charge < -0.3 is 14.2 Å². The second-order valence-corrected chi connectivity index (χ2v) is 5.23. The van der Waals surface area contributed by atoms with Gasteiger partial charge in [-0.25, -0.2) is 0 Å². The third-order valence-electron chi connectivity index (χ3n) is 4.23. The topological polar surface area (TPSA) is 27.7 Å². The molecule has 2 aliphatic heterocycles. The third kappa shape index (κ3) is 1.58. The molecule has 1 aromatic rings. The Morgan fingerprint density at radius 3 is 2.83 bits per heavy atom. The lowest BCUT2D eigenvalue weighted by Crippen LogP contribution is -2.34. The summed E-state index contributed by atoms with van der Waals surface area (Å²) >= 11 is 0. The molecule has 5 atom stereocenters. The largest absolute Gasteiger partial charge is 0.498 e. The molecule has 1 saturated heterocycles. The quantitative estimate of drug-likeness (QED) is 0.760. The maximum Gasteiger partial charge on any atom is 0.184 e. The molecule has 2 fully saturated rings. The van der Waals surface area contributed by atoms with Crippen LogP contribution in [0.2, 0.25) is 0 Å². The van der Waals surface area contributed by atoms with Gasteiger partial charge in [-0.1, -0.05) is 30.3 Å². The summed E-state index contributed by atoms with van der Waals surface area (Å²) in [6.45, 7) is 0.763. The van der Waals surface area contributed by atoms with E-state index in [0.717, 1.165) is 18.6 Å². The molecule has 0 aromatic heterocycles. The Bertz CT molecular complexity index is 456. The van der Waals surface area contributed by atoms with Crippen LogP contribution in [0.3, 0.4) is 0 Å². The molecular formula is C15H16O3. The van der Waals surface area contributed by atoms with Gasteiger partial charge in [0.2, 0.25) is 0 Å². The van der Waals surface area contributed by atoms with E-state index in [1.54, 1.807) is 0 Å². The summed E-state index contributed by atoms with van der Waals surface area (Å²) in [5.74, 6) is 0.931. The second-order valence-electron chi connectivity index (χ2n) is 5.23. The smallest absolute Gasteiger partial charge is 0.184 e. The van der Waals surface area contributed by atoms with Crippen molar-refractivity contribution in [1.82, 2.24) is 0 Å². The van der Waals surface area contributed by atoms with Crippen LogP contribution in [0.25, 0.3) is 0 Å². The molecular weight excluding hydrogens is 228 g/mol. The van der Waals surface area contributed by atoms with Crippen LogP contribution in [0.5, 0.6) is 0 Å². The second kappa shape index (κ2) is 4.11. The number of ether oxygens (including phenoxy) is 3. The lowest BCUT2D eigenvalue weighted by molar-refractivity contribution is -0.236. The molecule has 0 amide bonds. The predicted molar refractivity (Wildman–Crippen MR) is 65.6 cm³/mol. The van der Waals surface area contributed by atoms with Crippen LogP contribution in [0, 0.1) is 11.8 Å². The molecule has 18 heavy (non-hydrogen) atoms. The van der Waals surface area contributed by atoms with Gasteiger partial charge in [0, 0.05) is 23.8 Å². The molecule has 3 heteroatoms. The highest BCUT2D eigenvalue weighted by Gasteiger charge is 2.49. The summed E-state index contributed by atoms with van der Waals surface area (Å²) in [5, 5.41) is 0. The predicted octanol–water partition coefficient (Wildman–Crippen LogP) is 2.65. The fourth-order valence-electron chi connectivity index (χ4n) is 3.29. The maximum atomic E-state index is 6.10. The first-order chi connectivity index (χ1) is 8.92. The molecule has 3 nitrogen and oxygen atoms in total. The van der Waals surface area contributed by atoms with E-state index < -0.39 is 0 Å². The van der Waals surface area contributed by atoms with Crippen molar-refractivity contribution in [2.75, 3.05) is 6.61 Å². The van der Waals surface area contributed by atoms with Gasteiger partial charge in [0.15, 0.2) is 6.29 Å². The Kier molecular flexibility index (Phi) is 2.42. The minimum atomic E-state index is -0.213. The van der Waals surface area contributed by atoms with Crippen molar-refractivity contribution in [1.29, 1.82) is 0 Å². The van der Waals surface area contributed by atoms with Gasteiger partial charge in [-0.15, -0.1) is 0 Å². The summed E-state index contributed by atoms with van der Waals surface area (Å²) in [6.07, 6.45) is 5.33. The standard InChI is InChI=1S/C15H16O3/c1-2-4-10(5-3-1)15-17-9-12-11-6-7-16-13(11)8-14(12)18-15/h1-7,11-15H,8-9H2/t11?,12-,13?,14-,15?/m0/s1. The molecule has 1 aliphatic carbocycles. The van der Waals surface area contributed by atoms with Crippen molar-refractivity contribution in [2.45, 2.75) is 24.9 Å². The van der Waals surface area contributed by atoms with E-state index in [-0.39, 0.29) is 12.4 Å². The van der Waals surface area contributed by atoms with Gasteiger partial charge in [-0.05, 0) is 6.08 Å². The van der Waals surface area contributed by atoms with Crippen LogP contribution in [0.15, 0.2) is 42.7 Å². The number of fused-ring (bicyclic) bond motifs is 3. The molecule has 1 saturated carbocycles. The normalized spacial score (nSPS) is 41.2. The van der Waals surface area contributed by atoms with Crippen LogP contribution in [0.1, 0.15) is 18.3 Å². The number of hydrogen-bond acceptors (Lipinski definition) is 3. The first-order valence-corrected chi connectivity index (χ1v) is 6.56. The molecule has 2 heterocycles. The van der Waals surface area contributed by atoms with Gasteiger partial charge >= 0.3 is 0 Å². The molecule has 1 aromatic carbocycles. The third-order valence-corrected chi connectivity index (χ3v) is 4.23. The number of benzene rings is 1. The lowest BCUT2D eigenvalue weighted by Gasteiger charge is -2.34. The molecule has 94 valence electrons. The van der Waals surface area contributed by atoms with Gasteiger partial charge in [-0.2, -0.15) is 0 Å². The molecule has 0 radical (unpaired) electrons. The summed E-state index contributed by atoms with van der Waals surface area (Å²) in [4.78, 5) is 0. The van der Waals surface area contributed by atoms with Crippen LogP contribution in [-0.2, 0) is 14.2 Å². The first kappa shape index (κ1) is 10.6. The van der Waals surface area contributed by atoms with E-state index in [2.05, 4.69) is 18.2 Å². The van der Waals surface area contributed by atoms with Crippen molar-refractivity contribution >= 4 is 0 Å². The number of rotatable bonds is 1. The fraction of sp³-hybridized carbons (Fsp3) is 0.467. The SMILES string of the molecule is C1=CC2C(C[C@@H]3OC(c4ccccc4)OC[C@@H]23)O1. The van der Waals surface area contributed by atoms with Crippen LogP contribution >= 0.6 is 0 Å². The fourth-order valence-corrected chi connectivity index (χ4v) is 3.29. The highest BCUT2D eigenvalue weighted by atomic mass is 16.7. The Labute approximate surface area is 106 Å². The van der Waals surface area contributed by atoms with Gasteiger partial charge in [-0.3, -0.25) is 0 Å². The maximum absolute atomic E-state index is 6.10. The van der Waals surface area contributed by atoms with Crippen molar-refractivity contribution in [3.05, 3.63) is 48.2 Å². The van der Waals surface area contributed by atoms with Crippen LogP contribution < -0.4 is 0 Å². The molecule has 3 aliphatic rings. The van der Waals surface area contributed by atoms with Gasteiger partial charge in [0.05, 0.1) is 19.0 Å². The molecule has 0 spiro atoms. The highest BCUT2D eigenvalue weighted by molar-refractivity contribution is 5.17. The average Bonchev–Trinajstić information content (AvgIpc) is 2.99. The average molecular weight is 244 g/mol. The van der Waals surface area contributed by atoms with Crippen molar-refractivity contribution in [3.63, 3.8) is 0 Å². The Hall–Kier alpha value is -1.32. The molecule has 0 N–H and O–H groups in total. The first-order valence-electron chi connectivity index (χ1n) is 6.56.